The van der Waals surface area contributed by atoms with Crippen molar-refractivity contribution in [3.8, 4) is 0 Å². The first-order chi connectivity index (χ1) is 8.52. The van der Waals surface area contributed by atoms with Crippen molar-refractivity contribution >= 4 is 17.6 Å². The highest BCUT2D eigenvalue weighted by atomic mass is 35.5. The summed E-state index contributed by atoms with van der Waals surface area (Å²) in [4.78, 5) is 13.4. The molecule has 1 atom stereocenters. The number of aliphatic hydroxyl groups is 1. The maximum atomic E-state index is 11.2. The fourth-order valence-corrected chi connectivity index (χ4v) is 2.53. The highest BCUT2D eigenvalue weighted by molar-refractivity contribution is 6.31. The van der Waals surface area contributed by atoms with Crippen molar-refractivity contribution in [1.82, 2.24) is 4.90 Å². The van der Waals surface area contributed by atoms with Crippen LogP contribution >= 0.6 is 11.6 Å². The number of halogens is 1. The van der Waals surface area contributed by atoms with E-state index in [-0.39, 0.29) is 0 Å². The minimum absolute atomic E-state index is 0.437. The number of aliphatic hydroxyl groups excluding tert-OH is 1. The lowest BCUT2D eigenvalue weighted by atomic mass is 9.91. The lowest BCUT2D eigenvalue weighted by molar-refractivity contribution is -0.150. The van der Waals surface area contributed by atoms with Crippen molar-refractivity contribution in [3.63, 3.8) is 0 Å². The predicted molar refractivity (Wildman–Crippen MR) is 68.7 cm³/mol. The summed E-state index contributed by atoms with van der Waals surface area (Å²) in [7, 11) is 3.30. The van der Waals surface area contributed by atoms with E-state index in [9.17, 15) is 9.90 Å². The molecule has 5 heteroatoms. The zero-order chi connectivity index (χ0) is 13.3. The molecule has 4 nitrogen and oxygen atoms in total. The lowest BCUT2D eigenvalue weighted by Gasteiger charge is -2.37. The molecule has 1 aromatic carbocycles. The Balaban J connectivity index is 2.17. The number of carbonyl (C=O) groups is 1. The highest BCUT2D eigenvalue weighted by Gasteiger charge is 2.27. The molecule has 0 bridgehead atoms. The van der Waals surface area contributed by atoms with Crippen LogP contribution in [-0.4, -0.2) is 43.2 Å². The molecule has 0 saturated carbocycles. The Labute approximate surface area is 111 Å². The molecule has 0 spiro atoms. The molecular weight excluding hydrogens is 254 g/mol. The first-order valence-electron chi connectivity index (χ1n) is 5.76. The number of likely N-dealkylation sites (tertiary alicyclic amines) is 1. The van der Waals surface area contributed by atoms with Gasteiger partial charge in [-0.25, -0.2) is 4.79 Å². The Kier molecular flexibility index (Phi) is 3.90. The molecule has 1 aromatic rings. The number of nitrogens with zero attached hydrogens (tertiary/aromatic N) is 1. The van der Waals surface area contributed by atoms with Crippen LogP contribution in [0.15, 0.2) is 18.2 Å². The maximum absolute atomic E-state index is 11.2. The Bertz CT molecular complexity index is 458. The number of rotatable bonds is 3. The van der Waals surface area contributed by atoms with E-state index < -0.39 is 12.1 Å². The van der Waals surface area contributed by atoms with Gasteiger partial charge in [0.2, 0.25) is 0 Å². The summed E-state index contributed by atoms with van der Waals surface area (Å²) in [5, 5.41) is 10.3. The molecule has 18 heavy (non-hydrogen) atoms. The molecule has 1 N–H and O–H groups in total. The van der Waals surface area contributed by atoms with Gasteiger partial charge in [0.15, 0.2) is 6.10 Å². The van der Waals surface area contributed by atoms with Gasteiger partial charge in [0.05, 0.1) is 7.11 Å². The van der Waals surface area contributed by atoms with Crippen molar-refractivity contribution in [3.05, 3.63) is 34.3 Å². The van der Waals surface area contributed by atoms with Gasteiger partial charge in [-0.2, -0.15) is 0 Å². The average Bonchev–Trinajstić information content (AvgIpc) is 2.33. The van der Waals surface area contributed by atoms with E-state index in [1.54, 1.807) is 12.1 Å². The van der Waals surface area contributed by atoms with E-state index in [1.807, 2.05) is 6.07 Å². The lowest BCUT2D eigenvalue weighted by Crippen LogP contribution is -2.41. The quantitative estimate of drug-likeness (QED) is 0.847. The maximum Gasteiger partial charge on any atom is 0.339 e. The number of benzene rings is 1. The number of hydrogen-bond donors (Lipinski definition) is 1. The van der Waals surface area contributed by atoms with Crippen molar-refractivity contribution < 1.29 is 14.6 Å². The topological polar surface area (TPSA) is 49.8 Å². The molecule has 1 saturated heterocycles. The fourth-order valence-electron chi connectivity index (χ4n) is 2.19. The van der Waals surface area contributed by atoms with Gasteiger partial charge in [-0.1, -0.05) is 23.7 Å². The fraction of sp³-hybridized carbons (Fsp3) is 0.462. The van der Waals surface area contributed by atoms with Crippen LogP contribution < -0.4 is 0 Å². The van der Waals surface area contributed by atoms with Crippen LogP contribution in [0.25, 0.3) is 0 Å². The minimum Gasteiger partial charge on any atom is -0.467 e. The van der Waals surface area contributed by atoms with E-state index in [4.69, 9.17) is 11.6 Å². The number of methoxy groups -OCH3 is 1. The van der Waals surface area contributed by atoms with Gasteiger partial charge in [-0.3, -0.25) is 0 Å². The second kappa shape index (κ2) is 5.26. The summed E-state index contributed by atoms with van der Waals surface area (Å²) >= 11 is 6.19. The zero-order valence-corrected chi connectivity index (χ0v) is 11.1. The van der Waals surface area contributed by atoms with E-state index in [1.165, 1.54) is 7.11 Å². The molecule has 1 unspecified atom stereocenters. The molecule has 0 aliphatic carbocycles. The molecule has 2 rings (SSSR count). The van der Waals surface area contributed by atoms with Gasteiger partial charge in [0.25, 0.3) is 0 Å². The molecule has 0 radical (unpaired) electrons. The van der Waals surface area contributed by atoms with Crippen molar-refractivity contribution in [1.29, 1.82) is 0 Å². The molecule has 98 valence electrons. The van der Waals surface area contributed by atoms with Crippen molar-refractivity contribution in [2.45, 2.75) is 12.0 Å². The largest absolute Gasteiger partial charge is 0.467 e. The number of carbonyl (C=O) groups excluding carboxylic acids is 1. The number of ether oxygens (including phenoxy) is 1. The molecule has 1 aliphatic rings. The van der Waals surface area contributed by atoms with Gasteiger partial charge in [0, 0.05) is 24.0 Å². The standard InChI is InChI=1S/C13H16ClNO3/c1-15-6-9(7-15)10-4-3-8(5-11(10)14)12(16)13(17)18-2/h3-5,9,12,16H,6-7H2,1-2H3. The van der Waals surface area contributed by atoms with Crippen LogP contribution in [0.4, 0.5) is 0 Å². The van der Waals surface area contributed by atoms with Crippen molar-refractivity contribution in [2.24, 2.45) is 0 Å². The van der Waals surface area contributed by atoms with Crippen LogP contribution in [0.3, 0.4) is 0 Å². The molecule has 0 amide bonds. The molecule has 1 fully saturated rings. The van der Waals surface area contributed by atoms with E-state index >= 15 is 0 Å². The van der Waals surface area contributed by atoms with Crippen LogP contribution in [0.2, 0.25) is 5.02 Å². The van der Waals surface area contributed by atoms with Gasteiger partial charge in [-0.15, -0.1) is 0 Å². The monoisotopic (exact) mass is 269 g/mol. The Morgan fingerprint density at radius 3 is 2.72 bits per heavy atom. The third kappa shape index (κ3) is 2.51. The SMILES string of the molecule is COC(=O)C(O)c1ccc(C2CN(C)C2)c(Cl)c1. The summed E-state index contributed by atoms with van der Waals surface area (Å²) in [6.45, 7) is 1.97. The Morgan fingerprint density at radius 2 is 2.22 bits per heavy atom. The second-order valence-corrected chi connectivity index (χ2v) is 5.03. The summed E-state index contributed by atoms with van der Waals surface area (Å²) in [6, 6.07) is 5.24. The molecule has 1 aliphatic heterocycles. The van der Waals surface area contributed by atoms with E-state index in [0.717, 1.165) is 18.7 Å². The van der Waals surface area contributed by atoms with Gasteiger partial charge in [-0.05, 0) is 24.2 Å². The second-order valence-electron chi connectivity index (χ2n) is 4.62. The Hall–Kier alpha value is -1.10. The van der Waals surface area contributed by atoms with Crippen LogP contribution in [0, 0.1) is 0 Å². The summed E-state index contributed by atoms with van der Waals surface area (Å²) in [6.07, 6.45) is -1.27. The highest BCUT2D eigenvalue weighted by Crippen LogP contribution is 2.32. The van der Waals surface area contributed by atoms with Crippen LogP contribution in [-0.2, 0) is 9.53 Å². The summed E-state index contributed by atoms with van der Waals surface area (Å²) < 4.78 is 4.49. The number of esters is 1. The third-order valence-corrected chi connectivity index (χ3v) is 3.60. The Morgan fingerprint density at radius 1 is 1.56 bits per heavy atom. The van der Waals surface area contributed by atoms with Crippen LogP contribution in [0.5, 0.6) is 0 Å². The first kappa shape index (κ1) is 13.3. The molecular formula is C13H16ClNO3. The van der Waals surface area contributed by atoms with E-state index in [2.05, 4.69) is 16.7 Å². The average molecular weight is 270 g/mol. The summed E-state index contributed by atoms with van der Waals surface area (Å²) in [5.41, 5.74) is 1.53. The van der Waals surface area contributed by atoms with Gasteiger partial charge in [0.1, 0.15) is 0 Å². The molecule has 0 aromatic heterocycles. The minimum atomic E-state index is -1.27. The number of likely N-dealkylation sites (N-methyl/N-ethyl adjacent to an activating group) is 1. The van der Waals surface area contributed by atoms with Gasteiger partial charge >= 0.3 is 5.97 Å². The van der Waals surface area contributed by atoms with E-state index in [0.29, 0.717) is 16.5 Å². The zero-order valence-electron chi connectivity index (χ0n) is 10.4. The number of hydrogen-bond acceptors (Lipinski definition) is 4. The molecule has 1 heterocycles. The van der Waals surface area contributed by atoms with Gasteiger partial charge < -0.3 is 14.7 Å². The van der Waals surface area contributed by atoms with Crippen LogP contribution in [0.1, 0.15) is 23.1 Å². The first-order valence-corrected chi connectivity index (χ1v) is 6.14. The normalized spacial score (nSPS) is 18.2. The van der Waals surface area contributed by atoms with Crippen molar-refractivity contribution in [2.75, 3.05) is 27.2 Å². The third-order valence-electron chi connectivity index (χ3n) is 3.27. The smallest absolute Gasteiger partial charge is 0.339 e. The summed E-state index contributed by atoms with van der Waals surface area (Å²) in [5.74, 6) is -0.242. The predicted octanol–water partition coefficient (Wildman–Crippen LogP) is 1.58.